The van der Waals surface area contributed by atoms with Crippen LogP contribution in [0.3, 0.4) is 0 Å². The van der Waals surface area contributed by atoms with Gasteiger partial charge in [0.15, 0.2) is 0 Å². The summed E-state index contributed by atoms with van der Waals surface area (Å²) in [5.74, 6) is 0.225. The summed E-state index contributed by atoms with van der Waals surface area (Å²) >= 11 is 0. The van der Waals surface area contributed by atoms with Crippen molar-refractivity contribution in [3.05, 3.63) is 70.4 Å². The minimum atomic E-state index is -0.372. The Labute approximate surface area is 196 Å². The Balaban J connectivity index is 1.21. The molecule has 2 amide bonds. The number of hydrogen-bond donors (Lipinski definition) is 1. The number of aromatic nitrogens is 3. The molecule has 34 heavy (non-hydrogen) atoms. The number of hydrogen-bond acceptors (Lipinski definition) is 6. The number of nitriles is 1. The number of nitrogens with zero attached hydrogens (tertiary/aromatic N) is 5. The lowest BCUT2D eigenvalue weighted by molar-refractivity contribution is 0.0815. The van der Waals surface area contributed by atoms with Gasteiger partial charge in [0.05, 0.1) is 17.1 Å². The van der Waals surface area contributed by atoms with Crippen molar-refractivity contribution in [2.75, 3.05) is 19.6 Å². The van der Waals surface area contributed by atoms with Crippen LogP contribution in [-0.4, -0.2) is 56.8 Å². The quantitative estimate of drug-likeness (QED) is 0.642. The lowest BCUT2D eigenvalue weighted by Gasteiger charge is -2.20. The molecular weight excluding hydrogens is 432 g/mol. The Morgan fingerprint density at radius 2 is 2.09 bits per heavy atom. The van der Waals surface area contributed by atoms with Crippen LogP contribution in [0, 0.1) is 17.2 Å². The molecular formula is C25H24N6O3. The summed E-state index contributed by atoms with van der Waals surface area (Å²) in [6, 6.07) is 12.9. The summed E-state index contributed by atoms with van der Waals surface area (Å²) in [5, 5.41) is 19.7. The van der Waals surface area contributed by atoms with Crippen molar-refractivity contribution in [2.24, 2.45) is 5.92 Å². The standard InChI is InChI=1S/C25H24N6O3/c1-15(2)21-7-16(9-26)3-4-18(21)14-34-25(33)31-12-19-10-30(11-20(19)13-31)24(32)17-5-6-22-23(8-17)28-29-27-22/h3-8,10,15,20H,11-14H2,1-2H3,(H,27,28,29)/t20-/m0/s1. The van der Waals surface area contributed by atoms with Crippen molar-refractivity contribution >= 4 is 23.0 Å². The van der Waals surface area contributed by atoms with Gasteiger partial charge in [-0.3, -0.25) is 9.89 Å². The van der Waals surface area contributed by atoms with Crippen LogP contribution in [0.25, 0.3) is 11.0 Å². The molecule has 1 fully saturated rings. The fraction of sp³-hybridized carbons (Fsp3) is 0.320. The van der Waals surface area contributed by atoms with Gasteiger partial charge in [-0.2, -0.15) is 5.26 Å². The first-order valence-electron chi connectivity index (χ1n) is 11.2. The molecule has 172 valence electrons. The molecule has 0 aliphatic carbocycles. The van der Waals surface area contributed by atoms with Gasteiger partial charge in [0.2, 0.25) is 0 Å². The second kappa shape index (κ2) is 8.63. The summed E-state index contributed by atoms with van der Waals surface area (Å²) in [6.45, 7) is 5.75. The van der Waals surface area contributed by atoms with E-state index in [1.54, 1.807) is 34.1 Å². The topological polar surface area (TPSA) is 115 Å². The highest BCUT2D eigenvalue weighted by molar-refractivity contribution is 5.98. The molecule has 9 heteroatoms. The maximum Gasteiger partial charge on any atom is 0.410 e. The molecule has 0 spiro atoms. The highest BCUT2D eigenvalue weighted by Crippen LogP contribution is 2.31. The molecule has 3 aromatic rings. The first kappa shape index (κ1) is 21.6. The van der Waals surface area contributed by atoms with Crippen molar-refractivity contribution in [2.45, 2.75) is 26.4 Å². The zero-order valence-electron chi connectivity index (χ0n) is 19.0. The van der Waals surface area contributed by atoms with E-state index in [4.69, 9.17) is 10.00 Å². The highest BCUT2D eigenvalue weighted by Gasteiger charge is 2.38. The lowest BCUT2D eigenvalue weighted by Crippen LogP contribution is -2.33. The number of H-pyrrole nitrogens is 1. The van der Waals surface area contributed by atoms with Crippen LogP contribution in [0.1, 0.15) is 46.8 Å². The molecule has 5 rings (SSSR count). The van der Waals surface area contributed by atoms with Gasteiger partial charge < -0.3 is 14.5 Å². The molecule has 2 aromatic carbocycles. The molecule has 2 aliphatic rings. The van der Waals surface area contributed by atoms with Gasteiger partial charge in [-0.05, 0) is 52.9 Å². The van der Waals surface area contributed by atoms with E-state index in [0.29, 0.717) is 36.3 Å². The smallest absolute Gasteiger partial charge is 0.410 e. The third-order valence-electron chi connectivity index (χ3n) is 6.42. The summed E-state index contributed by atoms with van der Waals surface area (Å²) in [5.41, 5.74) is 5.54. The van der Waals surface area contributed by atoms with E-state index in [2.05, 4.69) is 21.5 Å². The number of ether oxygens (including phenoxy) is 1. The lowest BCUT2D eigenvalue weighted by atomic mass is 9.95. The summed E-state index contributed by atoms with van der Waals surface area (Å²) in [7, 11) is 0. The maximum atomic E-state index is 12.9. The molecule has 0 radical (unpaired) electrons. The fourth-order valence-corrected chi connectivity index (χ4v) is 4.59. The monoisotopic (exact) mass is 456 g/mol. The molecule has 1 saturated heterocycles. The summed E-state index contributed by atoms with van der Waals surface area (Å²) in [6.07, 6.45) is 1.48. The van der Waals surface area contributed by atoms with Crippen LogP contribution >= 0.6 is 0 Å². The van der Waals surface area contributed by atoms with Crippen molar-refractivity contribution in [3.63, 3.8) is 0 Å². The predicted molar refractivity (Wildman–Crippen MR) is 124 cm³/mol. The second-order valence-corrected chi connectivity index (χ2v) is 9.02. The number of benzene rings is 2. The van der Waals surface area contributed by atoms with Gasteiger partial charge in [0.25, 0.3) is 5.91 Å². The molecule has 1 aromatic heterocycles. The Morgan fingerprint density at radius 3 is 2.85 bits per heavy atom. The Bertz CT molecular complexity index is 1350. The zero-order chi connectivity index (χ0) is 23.8. The van der Waals surface area contributed by atoms with Crippen LogP contribution < -0.4 is 0 Å². The van der Waals surface area contributed by atoms with Crippen LogP contribution in [0.4, 0.5) is 4.79 Å². The number of amides is 2. The molecule has 2 aliphatic heterocycles. The van der Waals surface area contributed by atoms with E-state index in [0.717, 1.165) is 22.2 Å². The molecule has 1 N–H and O–H groups in total. The first-order chi connectivity index (χ1) is 16.4. The number of carbonyl (C=O) groups excluding carboxylic acids is 2. The van der Waals surface area contributed by atoms with E-state index in [1.165, 1.54) is 0 Å². The SMILES string of the molecule is CC(C)c1cc(C#N)ccc1COC(=O)N1CC2=CN(C(=O)c3ccc4[nH]nnc4c3)C[C@H]2C1. The average molecular weight is 457 g/mol. The Kier molecular flexibility index (Phi) is 5.49. The minimum absolute atomic E-state index is 0.0945. The van der Waals surface area contributed by atoms with Gasteiger partial charge in [-0.15, -0.1) is 5.10 Å². The number of carbonyl (C=O) groups is 2. The van der Waals surface area contributed by atoms with Crippen LogP contribution in [0.2, 0.25) is 0 Å². The largest absolute Gasteiger partial charge is 0.445 e. The minimum Gasteiger partial charge on any atom is -0.445 e. The van der Waals surface area contributed by atoms with E-state index in [-0.39, 0.29) is 30.4 Å². The third kappa shape index (κ3) is 3.99. The van der Waals surface area contributed by atoms with E-state index in [9.17, 15) is 9.59 Å². The summed E-state index contributed by atoms with van der Waals surface area (Å²) < 4.78 is 5.60. The molecule has 0 saturated carbocycles. The van der Waals surface area contributed by atoms with Gasteiger partial charge in [-0.1, -0.05) is 25.1 Å². The Morgan fingerprint density at radius 1 is 1.24 bits per heavy atom. The molecule has 1 atom stereocenters. The molecule has 9 nitrogen and oxygen atoms in total. The molecule has 0 bridgehead atoms. The maximum absolute atomic E-state index is 12.9. The van der Waals surface area contributed by atoms with Gasteiger partial charge in [-0.25, -0.2) is 4.79 Å². The zero-order valence-corrected chi connectivity index (χ0v) is 19.0. The van der Waals surface area contributed by atoms with Crippen LogP contribution in [0.15, 0.2) is 48.2 Å². The molecule has 3 heterocycles. The third-order valence-corrected chi connectivity index (χ3v) is 6.42. The van der Waals surface area contributed by atoms with Crippen molar-refractivity contribution in [3.8, 4) is 6.07 Å². The van der Waals surface area contributed by atoms with Gasteiger partial charge >= 0.3 is 6.09 Å². The van der Waals surface area contributed by atoms with Gasteiger partial charge in [0.1, 0.15) is 12.1 Å². The van der Waals surface area contributed by atoms with Crippen molar-refractivity contribution in [1.82, 2.24) is 25.2 Å². The van der Waals surface area contributed by atoms with E-state index < -0.39 is 0 Å². The van der Waals surface area contributed by atoms with Crippen molar-refractivity contribution in [1.29, 1.82) is 5.26 Å². The number of rotatable bonds is 4. The predicted octanol–water partition coefficient (Wildman–Crippen LogP) is 3.56. The highest BCUT2D eigenvalue weighted by atomic mass is 16.6. The first-order valence-corrected chi connectivity index (χ1v) is 11.2. The summed E-state index contributed by atoms with van der Waals surface area (Å²) in [4.78, 5) is 29.0. The number of likely N-dealkylation sites (tertiary alicyclic amines) is 1. The second-order valence-electron chi connectivity index (χ2n) is 9.02. The Hall–Kier alpha value is -4.19. The fourth-order valence-electron chi connectivity index (χ4n) is 4.59. The van der Waals surface area contributed by atoms with E-state index in [1.807, 2.05) is 32.2 Å². The normalized spacial score (nSPS) is 17.1. The van der Waals surface area contributed by atoms with Crippen molar-refractivity contribution < 1.29 is 14.3 Å². The molecule has 0 unspecified atom stereocenters. The number of aromatic amines is 1. The van der Waals surface area contributed by atoms with Gasteiger partial charge in [0, 0.05) is 37.3 Å². The number of fused-ring (bicyclic) bond motifs is 2. The average Bonchev–Trinajstić information content (AvgIpc) is 3.56. The van der Waals surface area contributed by atoms with Crippen LogP contribution in [-0.2, 0) is 11.3 Å². The van der Waals surface area contributed by atoms with Crippen LogP contribution in [0.5, 0.6) is 0 Å². The van der Waals surface area contributed by atoms with E-state index >= 15 is 0 Å². The number of nitrogens with one attached hydrogen (secondary N) is 1.